The maximum atomic E-state index is 2.42. The van der Waals surface area contributed by atoms with Crippen LogP contribution < -0.4 is 21.9 Å². The molecule has 0 saturated heterocycles. The fraction of sp³-hybridized carbons (Fsp3) is 0.0909. The van der Waals surface area contributed by atoms with Crippen molar-refractivity contribution in [1.82, 2.24) is 0 Å². The average Bonchev–Trinajstić information content (AvgIpc) is 2.63. The Kier molecular flexibility index (Phi) is 2.91. The van der Waals surface area contributed by atoms with Crippen LogP contribution in [0.15, 0.2) is 72.8 Å². The summed E-state index contributed by atoms with van der Waals surface area (Å²) < 4.78 is 0. The lowest BCUT2D eigenvalue weighted by Gasteiger charge is -2.28. The lowest BCUT2D eigenvalue weighted by Crippen LogP contribution is -2.66. The van der Waals surface area contributed by atoms with Crippen molar-refractivity contribution in [3.63, 3.8) is 0 Å². The van der Waals surface area contributed by atoms with E-state index in [9.17, 15) is 0 Å². The zero-order valence-electron chi connectivity index (χ0n) is 14.1. The van der Waals surface area contributed by atoms with Crippen LogP contribution in [0.1, 0.15) is 0 Å². The molecule has 1 aliphatic heterocycles. The van der Waals surface area contributed by atoms with Gasteiger partial charge in [-0.3, -0.25) is 0 Å². The molecule has 0 spiro atoms. The summed E-state index contributed by atoms with van der Waals surface area (Å²) in [5, 5.41) is 5.35. The molecule has 0 aromatic heterocycles. The molecular formula is C22H18B2. The van der Waals surface area contributed by atoms with Gasteiger partial charge in [-0.15, -0.1) is 0 Å². The highest BCUT2D eigenvalue weighted by Crippen LogP contribution is 2.22. The molecule has 0 fully saturated rings. The van der Waals surface area contributed by atoms with Gasteiger partial charge < -0.3 is 0 Å². The van der Waals surface area contributed by atoms with Crippen LogP contribution in [0.2, 0.25) is 13.6 Å². The molecule has 0 saturated carbocycles. The molecule has 0 bridgehead atoms. The molecule has 0 radical (unpaired) electrons. The third-order valence-corrected chi connectivity index (χ3v) is 5.77. The van der Waals surface area contributed by atoms with Crippen LogP contribution in [-0.4, -0.2) is 13.4 Å². The van der Waals surface area contributed by atoms with Gasteiger partial charge >= 0.3 is 0 Å². The predicted molar refractivity (Wildman–Crippen MR) is 110 cm³/mol. The Labute approximate surface area is 143 Å². The molecule has 0 atom stereocenters. The van der Waals surface area contributed by atoms with Crippen LogP contribution in [0.25, 0.3) is 21.5 Å². The SMILES string of the molecule is CB1c2ccccc2B(C)c2cc3cc4ccccc4cc3cc21. The van der Waals surface area contributed by atoms with Crippen molar-refractivity contribution in [2.24, 2.45) is 0 Å². The molecular weight excluding hydrogens is 286 g/mol. The maximum Gasteiger partial charge on any atom is 0.204 e. The number of rotatable bonds is 0. The molecule has 0 N–H and O–H groups in total. The Morgan fingerprint density at radius 3 is 1.33 bits per heavy atom. The van der Waals surface area contributed by atoms with Crippen LogP contribution in [0, 0.1) is 0 Å². The molecule has 5 rings (SSSR count). The van der Waals surface area contributed by atoms with Crippen molar-refractivity contribution in [3.05, 3.63) is 72.8 Å². The first-order valence-electron chi connectivity index (χ1n) is 8.77. The zero-order valence-corrected chi connectivity index (χ0v) is 14.1. The van der Waals surface area contributed by atoms with Crippen molar-refractivity contribution >= 4 is 56.8 Å². The predicted octanol–water partition coefficient (Wildman–Crippen LogP) is 2.78. The van der Waals surface area contributed by atoms with Gasteiger partial charge in [0.2, 0.25) is 13.4 Å². The Bertz CT molecular complexity index is 1010. The van der Waals surface area contributed by atoms with E-state index < -0.39 is 0 Å². The van der Waals surface area contributed by atoms with Crippen molar-refractivity contribution < 1.29 is 0 Å². The fourth-order valence-electron chi connectivity index (χ4n) is 4.41. The summed E-state index contributed by atoms with van der Waals surface area (Å²) in [6, 6.07) is 27.1. The van der Waals surface area contributed by atoms with Gasteiger partial charge in [-0.1, -0.05) is 96.2 Å². The van der Waals surface area contributed by atoms with Gasteiger partial charge in [0, 0.05) is 0 Å². The van der Waals surface area contributed by atoms with E-state index in [-0.39, 0.29) is 0 Å². The normalized spacial score (nSPS) is 13.2. The second-order valence-electron chi connectivity index (χ2n) is 7.10. The van der Waals surface area contributed by atoms with Crippen LogP contribution in [0.4, 0.5) is 0 Å². The van der Waals surface area contributed by atoms with Crippen LogP contribution in [-0.2, 0) is 0 Å². The van der Waals surface area contributed by atoms with E-state index in [0.29, 0.717) is 13.4 Å². The summed E-state index contributed by atoms with van der Waals surface area (Å²) in [5.74, 6) is 0. The van der Waals surface area contributed by atoms with Crippen molar-refractivity contribution in [2.45, 2.75) is 13.6 Å². The first-order chi connectivity index (χ1) is 11.7. The van der Waals surface area contributed by atoms with Gasteiger partial charge in [0.25, 0.3) is 0 Å². The van der Waals surface area contributed by atoms with E-state index in [2.05, 4.69) is 86.4 Å². The van der Waals surface area contributed by atoms with Gasteiger partial charge in [0.1, 0.15) is 0 Å². The molecule has 0 nitrogen and oxygen atoms in total. The minimum Gasteiger partial charge on any atom is -0.0794 e. The van der Waals surface area contributed by atoms with Gasteiger partial charge in [0.05, 0.1) is 0 Å². The summed E-state index contributed by atoms with van der Waals surface area (Å²) in [7, 11) is 0. The second-order valence-corrected chi connectivity index (χ2v) is 7.10. The summed E-state index contributed by atoms with van der Waals surface area (Å²) >= 11 is 0. The molecule has 4 aromatic carbocycles. The topological polar surface area (TPSA) is 0 Å². The van der Waals surface area contributed by atoms with Gasteiger partial charge in [-0.2, -0.15) is 0 Å². The quantitative estimate of drug-likeness (QED) is 0.346. The first kappa shape index (κ1) is 13.9. The smallest absolute Gasteiger partial charge is 0.0794 e. The molecule has 1 aliphatic rings. The molecule has 4 aromatic rings. The third kappa shape index (κ3) is 1.89. The van der Waals surface area contributed by atoms with E-state index in [1.165, 1.54) is 43.4 Å². The highest BCUT2D eigenvalue weighted by atomic mass is 14.1. The van der Waals surface area contributed by atoms with Gasteiger partial charge in [-0.25, -0.2) is 0 Å². The summed E-state index contributed by atoms with van der Waals surface area (Å²) in [6.45, 7) is 5.61. The Morgan fingerprint density at radius 1 is 0.458 bits per heavy atom. The largest absolute Gasteiger partial charge is 0.204 e. The van der Waals surface area contributed by atoms with Gasteiger partial charge in [0.15, 0.2) is 0 Å². The number of hydrogen-bond acceptors (Lipinski definition) is 0. The molecule has 1 heterocycles. The van der Waals surface area contributed by atoms with E-state index in [1.54, 1.807) is 0 Å². The molecule has 2 heteroatoms. The van der Waals surface area contributed by atoms with E-state index in [4.69, 9.17) is 0 Å². The van der Waals surface area contributed by atoms with Crippen molar-refractivity contribution in [2.75, 3.05) is 0 Å². The molecule has 0 amide bonds. The maximum absolute atomic E-state index is 2.42. The Morgan fingerprint density at radius 2 is 0.875 bits per heavy atom. The van der Waals surface area contributed by atoms with Crippen LogP contribution >= 0.6 is 0 Å². The standard InChI is InChI=1S/C22H18B2/c1-23-19-9-5-6-10-20(19)24(2)22-14-18-12-16-8-4-3-7-15(16)11-17(18)13-21(22)23/h3-14H,1-2H3. The lowest BCUT2D eigenvalue weighted by atomic mass is 9.25. The van der Waals surface area contributed by atoms with E-state index >= 15 is 0 Å². The minimum absolute atomic E-state index is 0.461. The third-order valence-electron chi connectivity index (χ3n) is 5.77. The fourth-order valence-corrected chi connectivity index (χ4v) is 4.41. The summed E-state index contributed by atoms with van der Waals surface area (Å²) in [4.78, 5) is 0. The summed E-state index contributed by atoms with van der Waals surface area (Å²) in [5.41, 5.74) is 5.95. The number of benzene rings is 4. The Balaban J connectivity index is 1.82. The molecule has 0 unspecified atom stereocenters. The van der Waals surface area contributed by atoms with Gasteiger partial charge in [-0.05, 0) is 33.7 Å². The van der Waals surface area contributed by atoms with Crippen LogP contribution in [0.5, 0.6) is 0 Å². The van der Waals surface area contributed by atoms with E-state index in [1.807, 2.05) is 0 Å². The highest BCUT2D eigenvalue weighted by Gasteiger charge is 2.31. The molecule has 112 valence electrons. The highest BCUT2D eigenvalue weighted by molar-refractivity contribution is 7.02. The summed E-state index contributed by atoms with van der Waals surface area (Å²) in [6.07, 6.45) is 0. The molecule has 24 heavy (non-hydrogen) atoms. The lowest BCUT2D eigenvalue weighted by molar-refractivity contribution is 1.75. The first-order valence-corrected chi connectivity index (χ1v) is 8.77. The van der Waals surface area contributed by atoms with Crippen molar-refractivity contribution in [1.29, 1.82) is 0 Å². The Hall–Kier alpha value is -2.47. The minimum atomic E-state index is 0.461. The monoisotopic (exact) mass is 304 g/mol. The average molecular weight is 304 g/mol. The second kappa shape index (κ2) is 5.01. The molecule has 0 aliphatic carbocycles. The van der Waals surface area contributed by atoms with Crippen LogP contribution in [0.3, 0.4) is 0 Å². The van der Waals surface area contributed by atoms with E-state index in [0.717, 1.165) is 0 Å². The zero-order chi connectivity index (χ0) is 16.3. The van der Waals surface area contributed by atoms with Crippen molar-refractivity contribution in [3.8, 4) is 0 Å². The number of fused-ring (bicyclic) bond motifs is 4. The number of hydrogen-bond donors (Lipinski definition) is 0.